The predicted molar refractivity (Wildman–Crippen MR) is 141 cm³/mol. The minimum Gasteiger partial charge on any atom is -0.461 e. The van der Waals surface area contributed by atoms with Gasteiger partial charge in [0.2, 0.25) is 0 Å². The number of esters is 2. The van der Waals surface area contributed by atoms with Gasteiger partial charge in [0.05, 0.1) is 6.61 Å². The summed E-state index contributed by atoms with van der Waals surface area (Å²) in [4.78, 5) is 24.0. The summed E-state index contributed by atoms with van der Waals surface area (Å²) in [6.45, 7) is 6.13. The molecule has 1 heterocycles. The van der Waals surface area contributed by atoms with Crippen molar-refractivity contribution in [2.75, 3.05) is 6.61 Å². The Labute approximate surface area is 214 Å². The Bertz CT molecular complexity index is 1000. The molecule has 1 aliphatic rings. The highest BCUT2D eigenvalue weighted by Crippen LogP contribution is 2.28. The Kier molecular flexibility index (Phi) is 10.5. The highest BCUT2D eigenvalue weighted by atomic mass is 16.6. The third-order valence-corrected chi connectivity index (χ3v) is 6.58. The molecule has 0 amide bonds. The number of carbonyl (C=O) groups excluding carboxylic acids is 2. The van der Waals surface area contributed by atoms with Crippen molar-refractivity contribution in [2.45, 2.75) is 65.1 Å². The van der Waals surface area contributed by atoms with Gasteiger partial charge in [-0.15, -0.1) is 0 Å². The minimum atomic E-state index is -0.454. The lowest BCUT2D eigenvalue weighted by molar-refractivity contribution is -0.189. The second-order valence-corrected chi connectivity index (χ2v) is 9.88. The van der Waals surface area contributed by atoms with Crippen LogP contribution in [0.1, 0.15) is 70.1 Å². The fourth-order valence-electron chi connectivity index (χ4n) is 4.75. The number of allylic oxidation sites excluding steroid dienone is 3. The lowest BCUT2D eigenvalue weighted by Gasteiger charge is -2.33. The largest absolute Gasteiger partial charge is 0.461 e. The summed E-state index contributed by atoms with van der Waals surface area (Å²) >= 11 is 0. The molecular formula is C31H38O5. The lowest BCUT2D eigenvalue weighted by atomic mass is 9.91. The number of aliphatic hydroxyl groups excluding tert-OH is 1. The third kappa shape index (κ3) is 8.20. The standard InChI is InChI=1S/C31H38O5/c1-22(12-10-11-17-28-27(21-32)31(34)35-28)18-23(2)19-24(3)20-29(33)36-30(25-13-6-4-7-14-25)26-15-8-5-9-16-26/h4-9,13-16,19-20,22,27-28,30,32H,10-12,17-18,21H2,1-3H3/t22-,27-,28-/m1/s1. The van der Waals surface area contributed by atoms with Crippen molar-refractivity contribution in [3.05, 3.63) is 95.1 Å². The number of benzene rings is 2. The van der Waals surface area contributed by atoms with Gasteiger partial charge in [-0.3, -0.25) is 4.79 Å². The van der Waals surface area contributed by atoms with Crippen molar-refractivity contribution >= 4 is 11.9 Å². The average molecular weight is 491 g/mol. The Balaban J connectivity index is 1.48. The van der Waals surface area contributed by atoms with Crippen LogP contribution in [0.5, 0.6) is 0 Å². The molecule has 36 heavy (non-hydrogen) atoms. The number of carbonyl (C=O) groups is 2. The number of hydrogen-bond acceptors (Lipinski definition) is 5. The van der Waals surface area contributed by atoms with Crippen molar-refractivity contribution in [3.8, 4) is 0 Å². The predicted octanol–water partition coefficient (Wildman–Crippen LogP) is 6.33. The van der Waals surface area contributed by atoms with Crippen LogP contribution in [-0.4, -0.2) is 29.8 Å². The SMILES string of the molecule is CC(=CC(=O)OC(c1ccccc1)c1ccccc1)C=C(C)C[C@H](C)CCCC[C@H]1OC(=O)[C@@H]1CO. The van der Waals surface area contributed by atoms with Crippen LogP contribution in [0.15, 0.2) is 84.0 Å². The molecule has 192 valence electrons. The molecule has 2 aromatic carbocycles. The van der Waals surface area contributed by atoms with Gasteiger partial charge in [0, 0.05) is 6.08 Å². The molecule has 0 aliphatic carbocycles. The van der Waals surface area contributed by atoms with Gasteiger partial charge in [-0.05, 0) is 55.7 Å². The highest BCUT2D eigenvalue weighted by molar-refractivity contribution is 5.83. The van der Waals surface area contributed by atoms with Crippen molar-refractivity contribution < 1.29 is 24.2 Å². The maximum absolute atomic E-state index is 12.8. The van der Waals surface area contributed by atoms with Crippen LogP contribution < -0.4 is 0 Å². The van der Waals surface area contributed by atoms with Crippen LogP contribution in [0.25, 0.3) is 0 Å². The van der Waals surface area contributed by atoms with Gasteiger partial charge >= 0.3 is 11.9 Å². The number of cyclic esters (lactones) is 1. The number of hydrogen-bond donors (Lipinski definition) is 1. The summed E-state index contributed by atoms with van der Waals surface area (Å²) in [6, 6.07) is 19.6. The Morgan fingerprint density at radius 1 is 1.00 bits per heavy atom. The molecule has 1 N–H and O–H groups in total. The highest BCUT2D eigenvalue weighted by Gasteiger charge is 2.41. The van der Waals surface area contributed by atoms with E-state index in [0.29, 0.717) is 5.92 Å². The number of aliphatic hydroxyl groups is 1. The Morgan fingerprint density at radius 2 is 1.61 bits per heavy atom. The molecule has 0 unspecified atom stereocenters. The first kappa shape index (κ1) is 27.4. The van der Waals surface area contributed by atoms with E-state index in [1.165, 1.54) is 5.57 Å². The first-order valence-electron chi connectivity index (χ1n) is 12.8. The molecule has 1 fully saturated rings. The van der Waals surface area contributed by atoms with E-state index in [4.69, 9.17) is 9.47 Å². The molecule has 0 saturated carbocycles. The summed E-state index contributed by atoms with van der Waals surface area (Å²) in [7, 11) is 0. The first-order chi connectivity index (χ1) is 17.4. The van der Waals surface area contributed by atoms with E-state index in [-0.39, 0.29) is 30.6 Å². The van der Waals surface area contributed by atoms with E-state index in [1.807, 2.05) is 67.6 Å². The number of rotatable bonds is 13. The van der Waals surface area contributed by atoms with E-state index >= 15 is 0 Å². The summed E-state index contributed by atoms with van der Waals surface area (Å²) < 4.78 is 11.0. The molecule has 1 saturated heterocycles. The molecule has 0 spiro atoms. The van der Waals surface area contributed by atoms with Gasteiger partial charge in [0.1, 0.15) is 12.0 Å². The fourth-order valence-corrected chi connectivity index (χ4v) is 4.75. The maximum Gasteiger partial charge on any atom is 0.331 e. The van der Waals surface area contributed by atoms with E-state index < -0.39 is 6.10 Å². The van der Waals surface area contributed by atoms with Crippen LogP contribution in [0.4, 0.5) is 0 Å². The molecular weight excluding hydrogens is 452 g/mol. The Hall–Kier alpha value is -3.18. The molecule has 0 aromatic heterocycles. The zero-order valence-electron chi connectivity index (χ0n) is 21.6. The van der Waals surface area contributed by atoms with Gasteiger partial charge in [0.25, 0.3) is 0 Å². The van der Waals surface area contributed by atoms with Crippen LogP contribution >= 0.6 is 0 Å². The van der Waals surface area contributed by atoms with E-state index in [0.717, 1.165) is 48.8 Å². The van der Waals surface area contributed by atoms with Crippen molar-refractivity contribution in [3.63, 3.8) is 0 Å². The average Bonchev–Trinajstić information content (AvgIpc) is 2.85. The lowest BCUT2D eigenvalue weighted by Crippen LogP contribution is -2.47. The number of unbranched alkanes of at least 4 members (excludes halogenated alkanes) is 1. The van der Waals surface area contributed by atoms with E-state index in [9.17, 15) is 14.7 Å². The van der Waals surface area contributed by atoms with Crippen molar-refractivity contribution in [1.29, 1.82) is 0 Å². The topological polar surface area (TPSA) is 72.8 Å². The van der Waals surface area contributed by atoms with E-state index in [2.05, 4.69) is 19.9 Å². The molecule has 5 heteroatoms. The number of ether oxygens (including phenoxy) is 2. The van der Waals surface area contributed by atoms with Gasteiger partial charge in [-0.2, -0.15) is 0 Å². The molecule has 0 bridgehead atoms. The van der Waals surface area contributed by atoms with Crippen LogP contribution in [0.3, 0.4) is 0 Å². The van der Waals surface area contributed by atoms with Crippen LogP contribution in [0.2, 0.25) is 0 Å². The fraction of sp³-hybridized carbons (Fsp3) is 0.419. The molecule has 3 rings (SSSR count). The summed E-state index contributed by atoms with van der Waals surface area (Å²) in [5.41, 5.74) is 3.96. The normalized spacial score (nSPS) is 19.0. The van der Waals surface area contributed by atoms with Crippen LogP contribution in [0, 0.1) is 11.8 Å². The molecule has 5 nitrogen and oxygen atoms in total. The third-order valence-electron chi connectivity index (χ3n) is 6.58. The van der Waals surface area contributed by atoms with Crippen LogP contribution in [-0.2, 0) is 19.1 Å². The minimum absolute atomic E-state index is 0.115. The summed E-state index contributed by atoms with van der Waals surface area (Å²) in [5, 5.41) is 9.20. The second kappa shape index (κ2) is 13.8. The van der Waals surface area contributed by atoms with E-state index in [1.54, 1.807) is 6.08 Å². The monoisotopic (exact) mass is 490 g/mol. The molecule has 0 radical (unpaired) electrons. The van der Waals surface area contributed by atoms with Crippen molar-refractivity contribution in [1.82, 2.24) is 0 Å². The zero-order valence-corrected chi connectivity index (χ0v) is 21.6. The van der Waals surface area contributed by atoms with Gasteiger partial charge in [-0.1, -0.05) is 92.1 Å². The Morgan fingerprint density at radius 3 is 2.17 bits per heavy atom. The molecule has 3 atom stereocenters. The zero-order chi connectivity index (χ0) is 25.9. The van der Waals surface area contributed by atoms with Gasteiger partial charge in [0.15, 0.2) is 6.10 Å². The van der Waals surface area contributed by atoms with Crippen molar-refractivity contribution in [2.24, 2.45) is 11.8 Å². The van der Waals surface area contributed by atoms with Gasteiger partial charge < -0.3 is 14.6 Å². The maximum atomic E-state index is 12.8. The molecule has 1 aliphatic heterocycles. The van der Waals surface area contributed by atoms with Gasteiger partial charge in [-0.25, -0.2) is 4.79 Å². The second-order valence-electron chi connectivity index (χ2n) is 9.88. The summed E-state index contributed by atoms with van der Waals surface area (Å²) in [6.07, 6.45) is 7.93. The molecule has 2 aromatic rings. The summed E-state index contributed by atoms with van der Waals surface area (Å²) in [5.74, 6) is -0.455. The smallest absolute Gasteiger partial charge is 0.331 e. The quantitative estimate of drug-likeness (QED) is 0.154. The first-order valence-corrected chi connectivity index (χ1v) is 12.8.